The van der Waals surface area contributed by atoms with Crippen molar-refractivity contribution in [1.29, 1.82) is 0 Å². The van der Waals surface area contributed by atoms with Gasteiger partial charge in [-0.05, 0) is 0 Å². The minimum absolute atomic E-state index is 0. The van der Waals surface area contributed by atoms with E-state index < -0.39 is 4.30 Å². The third-order valence-corrected chi connectivity index (χ3v) is 0. The Morgan fingerprint density at radius 1 is 1.00 bits per heavy atom. The maximum Gasteiger partial charge on any atom is 0.180 e. The molecule has 0 nitrogen and oxygen atoms in total. The number of hydrogen-bond donors (Lipinski definition) is 0. The van der Waals surface area contributed by atoms with Crippen molar-refractivity contribution in [1.82, 2.24) is 0 Å². The first-order valence-electron chi connectivity index (χ1n) is 0.655. The first-order valence-corrected chi connectivity index (χ1v) is 1.96. The van der Waals surface area contributed by atoms with E-state index in [4.69, 9.17) is 34.8 Å². The average molecular weight is 182 g/mol. The van der Waals surface area contributed by atoms with Gasteiger partial charge in [0, 0.05) is 21.7 Å². The fraction of sp³-hybridized carbons (Fsp3) is 0.500. The van der Waals surface area contributed by atoms with Crippen LogP contribution in [0.4, 0.5) is 0 Å². The first-order chi connectivity index (χ1) is 1.73. The van der Waals surface area contributed by atoms with Crippen LogP contribution in [0.15, 0.2) is 0 Å². The molecule has 0 saturated heterocycles. The van der Waals surface area contributed by atoms with E-state index in [1.807, 2.05) is 0 Å². The van der Waals surface area contributed by atoms with Crippen LogP contribution in [0.1, 0.15) is 0 Å². The van der Waals surface area contributed by atoms with E-state index in [0.717, 1.165) is 0 Å². The maximum absolute atomic E-state index is 4.81. The van der Waals surface area contributed by atoms with Crippen molar-refractivity contribution in [3.8, 4) is 0 Å². The molecule has 0 atom stereocenters. The zero-order valence-electron chi connectivity index (χ0n) is 3.21. The SMILES string of the molecule is ClC(Cl)Cl.[CH3-].[Ti]. The van der Waals surface area contributed by atoms with Crippen LogP contribution in [-0.4, -0.2) is 4.30 Å². The van der Waals surface area contributed by atoms with Crippen LogP contribution in [0.5, 0.6) is 0 Å². The van der Waals surface area contributed by atoms with Crippen molar-refractivity contribution in [3.63, 3.8) is 0 Å². The quantitative estimate of drug-likeness (QED) is 0.307. The summed E-state index contributed by atoms with van der Waals surface area (Å²) < 4.78 is -0.750. The fourth-order valence-corrected chi connectivity index (χ4v) is 0. The summed E-state index contributed by atoms with van der Waals surface area (Å²) in [6, 6.07) is 0. The number of hydrogen-bond acceptors (Lipinski definition) is 0. The molecule has 0 saturated carbocycles. The second-order valence-corrected chi connectivity index (χ2v) is 2.23. The molecular weight excluding hydrogens is 178 g/mol. The zero-order chi connectivity index (χ0) is 3.58. The Hall–Kier alpha value is 1.58. The second kappa shape index (κ2) is 9.77. The van der Waals surface area contributed by atoms with Gasteiger partial charge in [-0.3, -0.25) is 0 Å². The van der Waals surface area contributed by atoms with Gasteiger partial charge in [0.25, 0.3) is 0 Å². The molecule has 0 aromatic carbocycles. The second-order valence-electron chi connectivity index (χ2n) is 0.247. The van der Waals surface area contributed by atoms with Crippen LogP contribution < -0.4 is 0 Å². The Kier molecular flexibility index (Phi) is 25.5. The normalized spacial score (nSPS) is 6.00. The van der Waals surface area contributed by atoms with Crippen LogP contribution in [0.2, 0.25) is 0 Å². The van der Waals surface area contributed by atoms with Gasteiger partial charge >= 0.3 is 0 Å². The van der Waals surface area contributed by atoms with Crippen LogP contribution >= 0.6 is 34.8 Å². The predicted octanol–water partition coefficient (Wildman–Crippen LogP) is 2.43. The summed E-state index contributed by atoms with van der Waals surface area (Å²) in [6.45, 7) is 0. The molecule has 0 radical (unpaired) electrons. The van der Waals surface area contributed by atoms with Crippen molar-refractivity contribution in [2.45, 2.75) is 4.30 Å². The molecule has 6 heavy (non-hydrogen) atoms. The van der Waals surface area contributed by atoms with Crippen molar-refractivity contribution in [2.75, 3.05) is 0 Å². The predicted molar refractivity (Wildman–Crippen MR) is 27.8 cm³/mol. The van der Waals surface area contributed by atoms with E-state index in [2.05, 4.69) is 0 Å². The number of alkyl halides is 3. The molecule has 0 N–H and O–H groups in total. The third-order valence-electron chi connectivity index (χ3n) is 0. The molecule has 0 fully saturated rings. The molecule has 0 rings (SSSR count). The Morgan fingerprint density at radius 3 is 1.00 bits per heavy atom. The Balaban J connectivity index is -0.0000000450. The molecule has 0 unspecified atom stereocenters. The van der Waals surface area contributed by atoms with Crippen LogP contribution in [0.25, 0.3) is 0 Å². The van der Waals surface area contributed by atoms with Crippen LogP contribution in [-0.2, 0) is 21.7 Å². The monoisotopic (exact) mass is 181 g/mol. The van der Waals surface area contributed by atoms with Gasteiger partial charge in [0.15, 0.2) is 4.30 Å². The molecule has 0 aliphatic heterocycles. The summed E-state index contributed by atoms with van der Waals surface area (Å²) in [5, 5.41) is 0. The fourth-order valence-electron chi connectivity index (χ4n) is 0. The van der Waals surface area contributed by atoms with Gasteiger partial charge in [-0.1, -0.05) is 34.8 Å². The molecule has 38 valence electrons. The molecule has 4 heteroatoms. The van der Waals surface area contributed by atoms with Gasteiger partial charge in [-0.2, -0.15) is 0 Å². The molecule has 0 aromatic heterocycles. The van der Waals surface area contributed by atoms with E-state index >= 15 is 0 Å². The molecular formula is C2H4Cl3Ti-. The molecule has 0 aliphatic rings. The Morgan fingerprint density at radius 2 is 1.00 bits per heavy atom. The van der Waals surface area contributed by atoms with E-state index in [1.54, 1.807) is 0 Å². The largest absolute Gasteiger partial charge is 0.358 e. The standard InChI is InChI=1S/CHCl3.CH3.Ti/c2-1(3)4;;/h1H;1H3;/q;-1;. The summed E-state index contributed by atoms with van der Waals surface area (Å²) in [4.78, 5) is 0. The van der Waals surface area contributed by atoms with Gasteiger partial charge in [0.1, 0.15) is 0 Å². The Bertz CT molecular complexity index is 13.5. The molecule has 0 heterocycles. The van der Waals surface area contributed by atoms with Crippen molar-refractivity contribution >= 4 is 34.8 Å². The van der Waals surface area contributed by atoms with Gasteiger partial charge in [0.05, 0.1) is 0 Å². The molecule has 0 aliphatic carbocycles. The number of rotatable bonds is 0. The minimum atomic E-state index is -0.750. The zero-order valence-corrected chi connectivity index (χ0v) is 7.04. The van der Waals surface area contributed by atoms with Crippen molar-refractivity contribution in [2.24, 2.45) is 0 Å². The average Bonchev–Trinajstić information content (AvgIpc) is 0.811. The maximum atomic E-state index is 4.81. The molecule has 0 amide bonds. The van der Waals surface area contributed by atoms with Gasteiger partial charge in [-0.15, -0.1) is 0 Å². The van der Waals surface area contributed by atoms with Crippen molar-refractivity contribution < 1.29 is 21.7 Å². The molecule has 0 bridgehead atoms. The van der Waals surface area contributed by atoms with Gasteiger partial charge in [0.2, 0.25) is 0 Å². The minimum Gasteiger partial charge on any atom is -0.358 e. The van der Waals surface area contributed by atoms with Crippen LogP contribution in [0.3, 0.4) is 0 Å². The summed E-state index contributed by atoms with van der Waals surface area (Å²) in [5.41, 5.74) is 0. The first kappa shape index (κ1) is 15.6. The van der Waals surface area contributed by atoms with Crippen LogP contribution in [0, 0.1) is 7.43 Å². The van der Waals surface area contributed by atoms with E-state index in [1.165, 1.54) is 0 Å². The summed E-state index contributed by atoms with van der Waals surface area (Å²) in [5.74, 6) is 0. The van der Waals surface area contributed by atoms with E-state index in [0.29, 0.717) is 0 Å². The molecule has 0 aromatic rings. The summed E-state index contributed by atoms with van der Waals surface area (Å²) in [6.07, 6.45) is 0. The number of halogens is 3. The Labute approximate surface area is 68.0 Å². The summed E-state index contributed by atoms with van der Waals surface area (Å²) >= 11 is 14.4. The third kappa shape index (κ3) is 46.8. The summed E-state index contributed by atoms with van der Waals surface area (Å²) in [7, 11) is 0. The smallest absolute Gasteiger partial charge is 0.180 e. The van der Waals surface area contributed by atoms with E-state index in [9.17, 15) is 0 Å². The molecule has 0 spiro atoms. The van der Waals surface area contributed by atoms with Gasteiger partial charge in [-0.25, -0.2) is 0 Å². The van der Waals surface area contributed by atoms with Gasteiger partial charge < -0.3 is 7.43 Å². The van der Waals surface area contributed by atoms with Crippen molar-refractivity contribution in [3.05, 3.63) is 7.43 Å². The van der Waals surface area contributed by atoms with E-state index in [-0.39, 0.29) is 29.1 Å². The topological polar surface area (TPSA) is 0 Å².